The molecule has 3 nitrogen and oxygen atoms in total. The minimum atomic E-state index is -0.195. The van der Waals surface area contributed by atoms with Crippen molar-refractivity contribution in [1.29, 1.82) is 0 Å². The number of amides is 1. The molecule has 1 amide bonds. The molecular weight excluding hydrogens is 248 g/mol. The van der Waals surface area contributed by atoms with Gasteiger partial charge in [0.25, 0.3) is 0 Å². The fraction of sp³-hybridized carbons (Fsp3) is 0.588. The van der Waals surface area contributed by atoms with E-state index in [0.29, 0.717) is 18.9 Å². The van der Waals surface area contributed by atoms with Gasteiger partial charge < -0.3 is 11.1 Å². The molecule has 2 rings (SSSR count). The first-order valence-electron chi connectivity index (χ1n) is 7.62. The first kappa shape index (κ1) is 15.0. The van der Waals surface area contributed by atoms with Crippen molar-refractivity contribution in [3.63, 3.8) is 0 Å². The molecule has 2 atom stereocenters. The summed E-state index contributed by atoms with van der Waals surface area (Å²) in [5, 5.41) is 3.24. The summed E-state index contributed by atoms with van der Waals surface area (Å²) in [5.41, 5.74) is 8.04. The first-order valence-corrected chi connectivity index (χ1v) is 7.62. The van der Waals surface area contributed by atoms with Crippen molar-refractivity contribution in [3.05, 3.63) is 35.4 Å². The molecule has 0 aromatic heterocycles. The normalized spacial score (nSPS) is 26.2. The van der Waals surface area contributed by atoms with E-state index in [2.05, 4.69) is 18.3 Å². The first-order chi connectivity index (χ1) is 9.55. The Labute approximate surface area is 121 Å². The SMILES string of the molecule is Cc1cccc(CC(=O)NC2(CN)CCCCC2C)c1. The molecule has 0 spiro atoms. The number of aryl methyl sites for hydroxylation is 1. The van der Waals surface area contributed by atoms with Crippen LogP contribution in [-0.2, 0) is 11.2 Å². The lowest BCUT2D eigenvalue weighted by molar-refractivity contribution is -0.123. The van der Waals surface area contributed by atoms with Crippen LogP contribution in [0.5, 0.6) is 0 Å². The molecule has 0 heterocycles. The predicted octanol–water partition coefficient (Wildman–Crippen LogP) is 2.56. The lowest BCUT2D eigenvalue weighted by Gasteiger charge is -2.42. The average molecular weight is 274 g/mol. The Kier molecular flexibility index (Phi) is 4.81. The Morgan fingerprint density at radius 1 is 1.45 bits per heavy atom. The fourth-order valence-corrected chi connectivity index (χ4v) is 3.28. The number of carbonyl (C=O) groups excluding carboxylic acids is 1. The molecule has 110 valence electrons. The van der Waals surface area contributed by atoms with Crippen LogP contribution in [-0.4, -0.2) is 18.0 Å². The van der Waals surface area contributed by atoms with Gasteiger partial charge in [-0.1, -0.05) is 49.6 Å². The molecule has 2 unspecified atom stereocenters. The van der Waals surface area contributed by atoms with E-state index in [4.69, 9.17) is 5.73 Å². The third-order valence-corrected chi connectivity index (χ3v) is 4.65. The maximum absolute atomic E-state index is 12.3. The average Bonchev–Trinajstić information content (AvgIpc) is 2.41. The lowest BCUT2D eigenvalue weighted by atomic mass is 9.73. The molecule has 1 aromatic rings. The van der Waals surface area contributed by atoms with Crippen LogP contribution >= 0.6 is 0 Å². The Hall–Kier alpha value is -1.35. The Balaban J connectivity index is 2.02. The second-order valence-corrected chi connectivity index (χ2v) is 6.22. The van der Waals surface area contributed by atoms with Gasteiger partial charge in [0.05, 0.1) is 12.0 Å². The Bertz CT molecular complexity index is 472. The number of hydrogen-bond donors (Lipinski definition) is 2. The molecule has 0 aliphatic heterocycles. The van der Waals surface area contributed by atoms with E-state index >= 15 is 0 Å². The van der Waals surface area contributed by atoms with Crippen LogP contribution in [0, 0.1) is 12.8 Å². The van der Waals surface area contributed by atoms with Crippen molar-refractivity contribution >= 4 is 5.91 Å². The van der Waals surface area contributed by atoms with Gasteiger partial charge >= 0.3 is 0 Å². The standard InChI is InChI=1S/C17H26N2O/c1-13-6-5-8-15(10-13)11-16(20)19-17(12-18)9-4-3-7-14(17)2/h5-6,8,10,14H,3-4,7,9,11-12,18H2,1-2H3,(H,19,20). The van der Waals surface area contributed by atoms with Crippen LogP contribution in [0.25, 0.3) is 0 Å². The highest BCUT2D eigenvalue weighted by Crippen LogP contribution is 2.32. The molecule has 0 saturated heterocycles. The molecule has 1 aromatic carbocycles. The van der Waals surface area contributed by atoms with Crippen molar-refractivity contribution in [2.45, 2.75) is 51.5 Å². The molecule has 3 heteroatoms. The monoisotopic (exact) mass is 274 g/mol. The van der Waals surface area contributed by atoms with Crippen LogP contribution in [0.15, 0.2) is 24.3 Å². The molecule has 1 fully saturated rings. The van der Waals surface area contributed by atoms with Gasteiger partial charge in [0.2, 0.25) is 5.91 Å². The van der Waals surface area contributed by atoms with Crippen molar-refractivity contribution < 1.29 is 4.79 Å². The largest absolute Gasteiger partial charge is 0.349 e. The second-order valence-electron chi connectivity index (χ2n) is 6.22. The maximum Gasteiger partial charge on any atom is 0.224 e. The summed E-state index contributed by atoms with van der Waals surface area (Å²) in [6.45, 7) is 4.79. The van der Waals surface area contributed by atoms with Gasteiger partial charge in [0.15, 0.2) is 0 Å². The zero-order valence-corrected chi connectivity index (χ0v) is 12.6. The van der Waals surface area contributed by atoms with Crippen LogP contribution in [0.3, 0.4) is 0 Å². The van der Waals surface area contributed by atoms with E-state index in [0.717, 1.165) is 24.8 Å². The molecular formula is C17H26N2O. The molecule has 0 radical (unpaired) electrons. The molecule has 20 heavy (non-hydrogen) atoms. The highest BCUT2D eigenvalue weighted by atomic mass is 16.1. The fourth-order valence-electron chi connectivity index (χ4n) is 3.28. The zero-order valence-electron chi connectivity index (χ0n) is 12.6. The summed E-state index contributed by atoms with van der Waals surface area (Å²) in [7, 11) is 0. The van der Waals surface area contributed by atoms with E-state index < -0.39 is 0 Å². The number of benzene rings is 1. The van der Waals surface area contributed by atoms with Crippen molar-refractivity contribution in [2.24, 2.45) is 11.7 Å². The number of hydrogen-bond acceptors (Lipinski definition) is 2. The minimum Gasteiger partial charge on any atom is -0.349 e. The minimum absolute atomic E-state index is 0.0924. The van der Waals surface area contributed by atoms with Gasteiger partial charge in [-0.15, -0.1) is 0 Å². The smallest absolute Gasteiger partial charge is 0.224 e. The number of rotatable bonds is 4. The molecule has 0 bridgehead atoms. The summed E-state index contributed by atoms with van der Waals surface area (Å²) in [6.07, 6.45) is 5.01. The summed E-state index contributed by atoms with van der Waals surface area (Å²) in [5.74, 6) is 0.553. The summed E-state index contributed by atoms with van der Waals surface area (Å²) < 4.78 is 0. The Morgan fingerprint density at radius 2 is 2.25 bits per heavy atom. The number of carbonyl (C=O) groups is 1. The molecule has 1 aliphatic rings. The topological polar surface area (TPSA) is 55.1 Å². The van der Waals surface area contributed by atoms with Gasteiger partial charge in [-0.25, -0.2) is 0 Å². The van der Waals surface area contributed by atoms with Gasteiger partial charge in [-0.2, -0.15) is 0 Å². The molecule has 3 N–H and O–H groups in total. The zero-order chi connectivity index (χ0) is 14.6. The van der Waals surface area contributed by atoms with Crippen LogP contribution < -0.4 is 11.1 Å². The summed E-state index contributed by atoms with van der Waals surface area (Å²) >= 11 is 0. The third-order valence-electron chi connectivity index (χ3n) is 4.65. The highest BCUT2D eigenvalue weighted by molar-refractivity contribution is 5.79. The maximum atomic E-state index is 12.3. The van der Waals surface area contributed by atoms with Crippen molar-refractivity contribution in [2.75, 3.05) is 6.54 Å². The van der Waals surface area contributed by atoms with Crippen molar-refractivity contribution in [3.8, 4) is 0 Å². The quantitative estimate of drug-likeness (QED) is 0.886. The predicted molar refractivity (Wildman–Crippen MR) is 82.4 cm³/mol. The lowest BCUT2D eigenvalue weighted by Crippen LogP contribution is -2.59. The van der Waals surface area contributed by atoms with Crippen LogP contribution in [0.4, 0.5) is 0 Å². The molecule has 1 aliphatic carbocycles. The van der Waals surface area contributed by atoms with Gasteiger partial charge in [-0.05, 0) is 31.2 Å². The van der Waals surface area contributed by atoms with Crippen LogP contribution in [0.2, 0.25) is 0 Å². The van der Waals surface area contributed by atoms with E-state index in [1.165, 1.54) is 12.0 Å². The van der Waals surface area contributed by atoms with Crippen molar-refractivity contribution in [1.82, 2.24) is 5.32 Å². The van der Waals surface area contributed by atoms with Gasteiger partial charge in [0.1, 0.15) is 0 Å². The number of nitrogens with one attached hydrogen (secondary N) is 1. The summed E-state index contributed by atoms with van der Waals surface area (Å²) in [6, 6.07) is 8.12. The Morgan fingerprint density at radius 3 is 2.90 bits per heavy atom. The van der Waals surface area contributed by atoms with Crippen LogP contribution in [0.1, 0.15) is 43.7 Å². The highest BCUT2D eigenvalue weighted by Gasteiger charge is 2.38. The molecule has 1 saturated carbocycles. The van der Waals surface area contributed by atoms with E-state index in [1.54, 1.807) is 0 Å². The van der Waals surface area contributed by atoms with E-state index in [-0.39, 0.29) is 11.4 Å². The second kappa shape index (κ2) is 6.40. The third kappa shape index (κ3) is 3.40. The van der Waals surface area contributed by atoms with Gasteiger partial charge in [-0.3, -0.25) is 4.79 Å². The van der Waals surface area contributed by atoms with E-state index in [1.807, 2.05) is 25.1 Å². The van der Waals surface area contributed by atoms with Gasteiger partial charge in [0, 0.05) is 6.54 Å². The summed E-state index contributed by atoms with van der Waals surface area (Å²) in [4.78, 5) is 12.3. The van der Waals surface area contributed by atoms with E-state index in [9.17, 15) is 4.79 Å². The number of nitrogens with two attached hydrogens (primary N) is 1.